The lowest BCUT2D eigenvalue weighted by Crippen LogP contribution is -2.21. The van der Waals surface area contributed by atoms with Crippen molar-refractivity contribution < 1.29 is 4.42 Å². The van der Waals surface area contributed by atoms with Crippen molar-refractivity contribution >= 4 is 23.2 Å². The molecule has 0 atom stereocenters. The molecule has 0 unspecified atom stereocenters. The Kier molecular flexibility index (Phi) is 4.27. The van der Waals surface area contributed by atoms with Crippen LogP contribution in [0.2, 0.25) is 10.0 Å². The molecule has 0 spiro atoms. The van der Waals surface area contributed by atoms with Crippen molar-refractivity contribution in [3.8, 4) is 11.3 Å². The van der Waals surface area contributed by atoms with E-state index >= 15 is 0 Å². The van der Waals surface area contributed by atoms with Gasteiger partial charge in [-0.1, -0.05) is 37.0 Å². The van der Waals surface area contributed by atoms with E-state index in [1.165, 1.54) is 0 Å². The van der Waals surface area contributed by atoms with Crippen molar-refractivity contribution in [1.29, 1.82) is 0 Å². The van der Waals surface area contributed by atoms with Crippen LogP contribution in [0.15, 0.2) is 28.8 Å². The third kappa shape index (κ3) is 3.25. The molecule has 5 heteroatoms. The summed E-state index contributed by atoms with van der Waals surface area (Å²) in [5.41, 5.74) is 0.796. The molecule has 3 nitrogen and oxygen atoms in total. The maximum atomic E-state index is 6.11. The van der Waals surface area contributed by atoms with Crippen molar-refractivity contribution in [2.24, 2.45) is 0 Å². The second kappa shape index (κ2) is 5.74. The Morgan fingerprint density at radius 3 is 2.78 bits per heavy atom. The van der Waals surface area contributed by atoms with Gasteiger partial charge in [-0.3, -0.25) is 0 Å². The van der Waals surface area contributed by atoms with Gasteiger partial charge in [-0.15, -0.1) is 0 Å². The summed E-state index contributed by atoms with van der Waals surface area (Å²) in [6, 6.07) is 5.68. The average Bonchev–Trinajstić information content (AvgIpc) is 2.75. The zero-order valence-electron chi connectivity index (χ0n) is 10.2. The minimum atomic E-state index is 0.388. The lowest BCUT2D eigenvalue weighted by Gasteiger charge is -2.04. The Hall–Kier alpha value is -1.03. The predicted octanol–water partition coefficient (Wildman–Crippen LogP) is 4.15. The van der Waals surface area contributed by atoms with Crippen LogP contribution >= 0.6 is 23.2 Å². The Morgan fingerprint density at radius 2 is 2.11 bits per heavy atom. The molecule has 0 aliphatic carbocycles. The summed E-state index contributed by atoms with van der Waals surface area (Å²) in [5, 5.41) is 4.40. The zero-order chi connectivity index (χ0) is 13.1. The fourth-order valence-corrected chi connectivity index (χ4v) is 2.00. The van der Waals surface area contributed by atoms with Gasteiger partial charge < -0.3 is 9.73 Å². The van der Waals surface area contributed by atoms with Crippen molar-refractivity contribution in [3.63, 3.8) is 0 Å². The van der Waals surface area contributed by atoms with Gasteiger partial charge in [-0.05, 0) is 18.2 Å². The van der Waals surface area contributed by atoms with Crippen LogP contribution < -0.4 is 5.32 Å². The number of hydrogen-bond acceptors (Lipinski definition) is 3. The van der Waals surface area contributed by atoms with Gasteiger partial charge in [-0.2, -0.15) is 0 Å². The third-order valence-corrected chi connectivity index (χ3v) is 2.96. The quantitative estimate of drug-likeness (QED) is 0.917. The summed E-state index contributed by atoms with van der Waals surface area (Å²) in [4.78, 5) is 4.21. The average molecular weight is 285 g/mol. The second-order valence-electron chi connectivity index (χ2n) is 4.28. The number of hydrogen-bond donors (Lipinski definition) is 1. The van der Waals surface area contributed by atoms with E-state index in [0.29, 0.717) is 34.3 Å². The first kappa shape index (κ1) is 13.4. The van der Waals surface area contributed by atoms with Gasteiger partial charge >= 0.3 is 0 Å². The van der Waals surface area contributed by atoms with Crippen LogP contribution in [0.25, 0.3) is 11.3 Å². The molecule has 0 saturated heterocycles. The number of rotatable bonds is 4. The first-order chi connectivity index (χ1) is 8.56. The Balaban J connectivity index is 2.18. The topological polar surface area (TPSA) is 38.1 Å². The van der Waals surface area contributed by atoms with Crippen LogP contribution in [0.4, 0.5) is 0 Å². The molecule has 2 rings (SSSR count). The lowest BCUT2D eigenvalue weighted by atomic mass is 10.2. The Bertz CT molecular complexity index is 538. The van der Waals surface area contributed by atoms with Crippen LogP contribution in [0.1, 0.15) is 19.7 Å². The standard InChI is InChI=1S/C13H14Cl2N2O/c1-8(2)16-7-13-17-6-12(18-13)10-4-3-9(14)5-11(10)15/h3-6,8,16H,7H2,1-2H3. The molecular formula is C13H14Cl2N2O. The summed E-state index contributed by atoms with van der Waals surface area (Å²) >= 11 is 12.0. The number of nitrogens with one attached hydrogen (secondary N) is 1. The largest absolute Gasteiger partial charge is 0.439 e. The molecule has 0 bridgehead atoms. The summed E-state index contributed by atoms with van der Waals surface area (Å²) < 4.78 is 5.64. The van der Waals surface area contributed by atoms with E-state index in [4.69, 9.17) is 27.6 Å². The summed E-state index contributed by atoms with van der Waals surface area (Å²) in [6.45, 7) is 4.74. The van der Waals surface area contributed by atoms with E-state index in [0.717, 1.165) is 5.56 Å². The normalized spacial score (nSPS) is 11.2. The van der Waals surface area contributed by atoms with Gasteiger partial charge in [0.25, 0.3) is 0 Å². The van der Waals surface area contributed by atoms with Crippen LogP contribution in [0, 0.1) is 0 Å². The number of nitrogens with zero attached hydrogens (tertiary/aromatic N) is 1. The highest BCUT2D eigenvalue weighted by molar-refractivity contribution is 6.36. The monoisotopic (exact) mass is 284 g/mol. The highest BCUT2D eigenvalue weighted by Crippen LogP contribution is 2.30. The van der Waals surface area contributed by atoms with Crippen LogP contribution in [0.3, 0.4) is 0 Å². The molecule has 0 fully saturated rings. The second-order valence-corrected chi connectivity index (χ2v) is 5.12. The number of oxazole rings is 1. The van der Waals surface area contributed by atoms with Gasteiger partial charge in [-0.25, -0.2) is 4.98 Å². The molecule has 0 radical (unpaired) electrons. The van der Waals surface area contributed by atoms with Gasteiger partial charge in [0.1, 0.15) is 0 Å². The fraction of sp³-hybridized carbons (Fsp3) is 0.308. The van der Waals surface area contributed by atoms with Crippen LogP contribution in [-0.4, -0.2) is 11.0 Å². The van der Waals surface area contributed by atoms with E-state index < -0.39 is 0 Å². The van der Waals surface area contributed by atoms with Crippen molar-refractivity contribution in [3.05, 3.63) is 40.3 Å². The van der Waals surface area contributed by atoms with Crippen LogP contribution in [-0.2, 0) is 6.54 Å². The van der Waals surface area contributed by atoms with E-state index in [-0.39, 0.29) is 0 Å². The van der Waals surface area contributed by atoms with Gasteiger partial charge in [0.15, 0.2) is 5.76 Å². The Labute approximate surface area is 116 Å². The van der Waals surface area contributed by atoms with Crippen LogP contribution in [0.5, 0.6) is 0 Å². The molecule has 0 aliphatic heterocycles. The van der Waals surface area contributed by atoms with Crippen molar-refractivity contribution in [2.45, 2.75) is 26.4 Å². The zero-order valence-corrected chi connectivity index (χ0v) is 11.7. The fourth-order valence-electron chi connectivity index (χ4n) is 1.50. The van der Waals surface area contributed by atoms with Gasteiger partial charge in [0.2, 0.25) is 5.89 Å². The minimum absolute atomic E-state index is 0.388. The highest BCUT2D eigenvalue weighted by Gasteiger charge is 2.10. The molecule has 18 heavy (non-hydrogen) atoms. The smallest absolute Gasteiger partial charge is 0.208 e. The maximum absolute atomic E-state index is 6.11. The molecule has 2 aromatic rings. The molecule has 0 aliphatic rings. The molecular weight excluding hydrogens is 271 g/mol. The number of aromatic nitrogens is 1. The lowest BCUT2D eigenvalue weighted by molar-refractivity contribution is 0.459. The summed E-state index contributed by atoms with van der Waals surface area (Å²) in [7, 11) is 0. The maximum Gasteiger partial charge on any atom is 0.208 e. The van der Waals surface area contributed by atoms with Crippen molar-refractivity contribution in [1.82, 2.24) is 10.3 Å². The minimum Gasteiger partial charge on any atom is -0.439 e. The van der Waals surface area contributed by atoms with Gasteiger partial charge in [0.05, 0.1) is 17.8 Å². The molecule has 96 valence electrons. The summed E-state index contributed by atoms with van der Waals surface area (Å²) in [5.74, 6) is 1.29. The van der Waals surface area contributed by atoms with Gasteiger partial charge in [0, 0.05) is 16.6 Å². The molecule has 1 aromatic carbocycles. The molecule has 1 heterocycles. The van der Waals surface area contributed by atoms with E-state index in [1.807, 2.05) is 6.07 Å². The molecule has 0 amide bonds. The molecule has 1 N–H and O–H groups in total. The first-order valence-corrected chi connectivity index (χ1v) is 6.45. The molecule has 0 saturated carbocycles. The number of halogens is 2. The van der Waals surface area contributed by atoms with Crippen molar-refractivity contribution in [2.75, 3.05) is 0 Å². The number of benzene rings is 1. The third-order valence-electron chi connectivity index (χ3n) is 2.41. The highest BCUT2D eigenvalue weighted by atomic mass is 35.5. The van der Waals surface area contributed by atoms with E-state index in [2.05, 4.69) is 24.1 Å². The molecule has 1 aromatic heterocycles. The predicted molar refractivity (Wildman–Crippen MR) is 73.9 cm³/mol. The van der Waals surface area contributed by atoms with E-state index in [1.54, 1.807) is 18.3 Å². The first-order valence-electron chi connectivity index (χ1n) is 5.70. The Morgan fingerprint density at radius 1 is 1.33 bits per heavy atom. The van der Waals surface area contributed by atoms with E-state index in [9.17, 15) is 0 Å². The SMILES string of the molecule is CC(C)NCc1ncc(-c2ccc(Cl)cc2Cl)o1. The summed E-state index contributed by atoms with van der Waals surface area (Å²) in [6.07, 6.45) is 1.67.